The molecule has 5 nitrogen and oxygen atoms in total. The minimum atomic E-state index is -0.0830. The number of hydrogen-bond acceptors (Lipinski definition) is 4. The van der Waals surface area contributed by atoms with Crippen LogP contribution in [0.25, 0.3) is 0 Å². The molecule has 3 rings (SSSR count). The Labute approximate surface area is 174 Å². The second-order valence-electron chi connectivity index (χ2n) is 6.30. The first kappa shape index (κ1) is 20.5. The maximum absolute atomic E-state index is 12.1. The molecule has 0 heterocycles. The topological polar surface area (TPSA) is 67.4 Å². The first-order valence-corrected chi connectivity index (χ1v) is 10.1. The first-order chi connectivity index (χ1) is 14.1. The molecular weight excluding hydrogens is 384 g/mol. The Bertz CT molecular complexity index is 942. The molecule has 0 aromatic heterocycles. The van der Waals surface area contributed by atoms with E-state index < -0.39 is 0 Å². The zero-order valence-corrected chi connectivity index (χ0v) is 16.9. The average Bonchev–Trinajstić information content (AvgIpc) is 2.74. The van der Waals surface area contributed by atoms with Crippen molar-refractivity contribution in [2.24, 2.45) is 0 Å². The predicted octanol–water partition coefficient (Wildman–Crippen LogP) is 4.61. The number of benzene rings is 3. The molecule has 0 atom stereocenters. The SMILES string of the molecule is COc1ccc(NC(=O)CSc2ccc(NC(=O)Cc3ccccc3)cc2)cc1. The summed E-state index contributed by atoms with van der Waals surface area (Å²) in [6, 6.07) is 24.3. The third kappa shape index (κ3) is 6.69. The van der Waals surface area contributed by atoms with E-state index in [1.54, 1.807) is 31.4 Å². The molecule has 148 valence electrons. The van der Waals surface area contributed by atoms with Gasteiger partial charge in [-0.3, -0.25) is 9.59 Å². The Kier molecular flexibility index (Phi) is 7.30. The van der Waals surface area contributed by atoms with Crippen LogP contribution >= 0.6 is 11.8 Å². The highest BCUT2D eigenvalue weighted by molar-refractivity contribution is 8.00. The number of rotatable bonds is 8. The summed E-state index contributed by atoms with van der Waals surface area (Å²) >= 11 is 1.44. The molecule has 0 aliphatic heterocycles. The van der Waals surface area contributed by atoms with Gasteiger partial charge in [0, 0.05) is 16.3 Å². The summed E-state index contributed by atoms with van der Waals surface area (Å²) < 4.78 is 5.10. The van der Waals surface area contributed by atoms with Crippen LogP contribution < -0.4 is 15.4 Å². The van der Waals surface area contributed by atoms with Crippen molar-refractivity contribution in [2.75, 3.05) is 23.5 Å². The zero-order chi connectivity index (χ0) is 20.5. The van der Waals surface area contributed by atoms with Gasteiger partial charge in [0.1, 0.15) is 5.75 Å². The standard InChI is InChI=1S/C23H22N2O3S/c1-28-20-11-7-18(8-12-20)25-23(27)16-29-21-13-9-19(10-14-21)24-22(26)15-17-5-3-2-4-6-17/h2-14H,15-16H2,1H3,(H,24,26)(H,25,27). The van der Waals surface area contributed by atoms with Crippen molar-refractivity contribution in [2.45, 2.75) is 11.3 Å². The maximum Gasteiger partial charge on any atom is 0.234 e. The van der Waals surface area contributed by atoms with Gasteiger partial charge < -0.3 is 15.4 Å². The Morgan fingerprint density at radius 1 is 0.793 bits per heavy atom. The number of anilines is 2. The van der Waals surface area contributed by atoms with Crippen molar-refractivity contribution in [1.29, 1.82) is 0 Å². The lowest BCUT2D eigenvalue weighted by atomic mass is 10.1. The van der Waals surface area contributed by atoms with E-state index in [-0.39, 0.29) is 11.8 Å². The van der Waals surface area contributed by atoms with Gasteiger partial charge in [0.05, 0.1) is 19.3 Å². The van der Waals surface area contributed by atoms with Gasteiger partial charge in [-0.2, -0.15) is 0 Å². The van der Waals surface area contributed by atoms with Gasteiger partial charge in [-0.05, 0) is 54.1 Å². The Morgan fingerprint density at radius 3 is 2.00 bits per heavy atom. The molecule has 0 fully saturated rings. The molecule has 0 unspecified atom stereocenters. The fourth-order valence-corrected chi connectivity index (χ4v) is 3.34. The highest BCUT2D eigenvalue weighted by Crippen LogP contribution is 2.21. The van der Waals surface area contributed by atoms with Gasteiger partial charge in [0.2, 0.25) is 11.8 Å². The number of methoxy groups -OCH3 is 1. The van der Waals surface area contributed by atoms with Crippen LogP contribution in [-0.4, -0.2) is 24.7 Å². The molecule has 0 aliphatic carbocycles. The van der Waals surface area contributed by atoms with E-state index in [1.807, 2.05) is 54.6 Å². The van der Waals surface area contributed by atoms with Gasteiger partial charge in [0.15, 0.2) is 0 Å². The average molecular weight is 407 g/mol. The van der Waals surface area contributed by atoms with E-state index in [4.69, 9.17) is 4.74 Å². The monoisotopic (exact) mass is 406 g/mol. The van der Waals surface area contributed by atoms with Gasteiger partial charge in [-0.1, -0.05) is 30.3 Å². The number of amides is 2. The Morgan fingerprint density at radius 2 is 1.38 bits per heavy atom. The van der Waals surface area contributed by atoms with Crippen molar-refractivity contribution in [1.82, 2.24) is 0 Å². The van der Waals surface area contributed by atoms with E-state index in [1.165, 1.54) is 11.8 Å². The van der Waals surface area contributed by atoms with Crippen LogP contribution in [0.5, 0.6) is 5.75 Å². The summed E-state index contributed by atoms with van der Waals surface area (Å²) in [5, 5.41) is 5.74. The molecule has 3 aromatic carbocycles. The summed E-state index contributed by atoms with van der Waals surface area (Å²) in [5.41, 5.74) is 2.44. The number of carbonyl (C=O) groups excluding carboxylic acids is 2. The summed E-state index contributed by atoms with van der Waals surface area (Å²) in [6.07, 6.45) is 0.336. The fraction of sp³-hybridized carbons (Fsp3) is 0.130. The van der Waals surface area contributed by atoms with Crippen LogP contribution in [0.4, 0.5) is 11.4 Å². The van der Waals surface area contributed by atoms with Crippen LogP contribution in [0.2, 0.25) is 0 Å². The molecule has 6 heteroatoms. The Balaban J connectivity index is 1.44. The van der Waals surface area contributed by atoms with Crippen molar-refractivity contribution < 1.29 is 14.3 Å². The lowest BCUT2D eigenvalue weighted by molar-refractivity contribution is -0.115. The Hall–Kier alpha value is -3.25. The van der Waals surface area contributed by atoms with Gasteiger partial charge in [0.25, 0.3) is 0 Å². The highest BCUT2D eigenvalue weighted by Gasteiger charge is 2.06. The van der Waals surface area contributed by atoms with Crippen LogP contribution in [0.3, 0.4) is 0 Å². The van der Waals surface area contributed by atoms with Crippen molar-refractivity contribution in [3.8, 4) is 5.75 Å². The number of nitrogens with one attached hydrogen (secondary N) is 2. The smallest absolute Gasteiger partial charge is 0.234 e. The van der Waals surface area contributed by atoms with Crippen LogP contribution in [0.15, 0.2) is 83.8 Å². The van der Waals surface area contributed by atoms with Crippen molar-refractivity contribution >= 4 is 35.0 Å². The molecule has 0 saturated carbocycles. The van der Waals surface area contributed by atoms with E-state index in [0.717, 1.165) is 27.6 Å². The minimum absolute atomic E-state index is 0.0597. The molecule has 0 radical (unpaired) electrons. The molecule has 0 saturated heterocycles. The van der Waals surface area contributed by atoms with E-state index >= 15 is 0 Å². The molecule has 3 aromatic rings. The zero-order valence-electron chi connectivity index (χ0n) is 16.1. The lowest BCUT2D eigenvalue weighted by Crippen LogP contribution is -2.14. The number of carbonyl (C=O) groups is 2. The second kappa shape index (κ2) is 10.3. The predicted molar refractivity (Wildman–Crippen MR) is 118 cm³/mol. The maximum atomic E-state index is 12.1. The number of thioether (sulfide) groups is 1. The number of ether oxygens (including phenoxy) is 1. The molecule has 0 bridgehead atoms. The molecule has 0 spiro atoms. The molecule has 2 amide bonds. The summed E-state index contributed by atoms with van der Waals surface area (Å²) in [6.45, 7) is 0. The minimum Gasteiger partial charge on any atom is -0.497 e. The van der Waals surface area contributed by atoms with Gasteiger partial charge >= 0.3 is 0 Å². The third-order valence-electron chi connectivity index (χ3n) is 4.09. The van der Waals surface area contributed by atoms with Crippen LogP contribution in [0, 0.1) is 0 Å². The number of hydrogen-bond donors (Lipinski definition) is 2. The first-order valence-electron chi connectivity index (χ1n) is 9.13. The van der Waals surface area contributed by atoms with Crippen LogP contribution in [-0.2, 0) is 16.0 Å². The van der Waals surface area contributed by atoms with Crippen LogP contribution in [0.1, 0.15) is 5.56 Å². The summed E-state index contributed by atoms with van der Waals surface area (Å²) in [7, 11) is 1.60. The molecule has 2 N–H and O–H groups in total. The summed E-state index contributed by atoms with van der Waals surface area (Å²) in [5.74, 6) is 0.898. The van der Waals surface area contributed by atoms with Gasteiger partial charge in [-0.15, -0.1) is 11.8 Å². The molecule has 29 heavy (non-hydrogen) atoms. The normalized spacial score (nSPS) is 10.2. The van der Waals surface area contributed by atoms with E-state index in [0.29, 0.717) is 12.2 Å². The van der Waals surface area contributed by atoms with Crippen molar-refractivity contribution in [3.63, 3.8) is 0 Å². The lowest BCUT2D eigenvalue weighted by Gasteiger charge is -2.08. The quantitative estimate of drug-likeness (QED) is 0.536. The largest absolute Gasteiger partial charge is 0.497 e. The van der Waals surface area contributed by atoms with Gasteiger partial charge in [-0.25, -0.2) is 0 Å². The van der Waals surface area contributed by atoms with E-state index in [9.17, 15) is 9.59 Å². The van der Waals surface area contributed by atoms with Crippen molar-refractivity contribution in [3.05, 3.63) is 84.4 Å². The van der Waals surface area contributed by atoms with E-state index in [2.05, 4.69) is 10.6 Å². The molecule has 0 aliphatic rings. The molecular formula is C23H22N2O3S. The highest BCUT2D eigenvalue weighted by atomic mass is 32.2. The fourth-order valence-electron chi connectivity index (χ4n) is 2.64. The second-order valence-corrected chi connectivity index (χ2v) is 7.35. The third-order valence-corrected chi connectivity index (χ3v) is 5.10. The summed E-state index contributed by atoms with van der Waals surface area (Å²) in [4.78, 5) is 25.2.